The number of rotatable bonds is 7. The molecule has 192 valence electrons. The van der Waals surface area contributed by atoms with Crippen molar-refractivity contribution in [2.45, 2.75) is 25.1 Å². The quantitative estimate of drug-likeness (QED) is 0.232. The third-order valence-electron chi connectivity index (χ3n) is 6.33. The van der Waals surface area contributed by atoms with E-state index in [1.54, 1.807) is 12.1 Å². The molecular weight excluding hydrogens is 475 g/mol. The lowest BCUT2D eigenvalue weighted by Crippen LogP contribution is -2.35. The number of alkyl halides is 3. The summed E-state index contributed by atoms with van der Waals surface area (Å²) in [6, 6.07) is 6.43. The standard InChI is InChI=1S/C24H28F3N7O2/c1-32-11-5-9-19(32)16-6-4-12-33(14-16)13-10-29-23(35)18-15-34(30-21(18)24(25,26)27)20-8-3-2-7-17(20)22(28)31-36/h2-4,6-8,14-15,19,36H,5,9-13H2,1H3,(H2,28,31)(H,29,35). The number of hydrogen-bond donors (Lipinski definition) is 3. The highest BCUT2D eigenvalue weighted by molar-refractivity contribution is 6.00. The number of amides is 1. The Morgan fingerprint density at radius 2 is 2.08 bits per heavy atom. The van der Waals surface area contributed by atoms with Gasteiger partial charge in [-0.15, -0.1) is 0 Å². The van der Waals surface area contributed by atoms with E-state index in [2.05, 4.69) is 39.8 Å². The topological polar surface area (TPSA) is 112 Å². The van der Waals surface area contributed by atoms with E-state index < -0.39 is 23.3 Å². The number of hydrogen-bond acceptors (Lipinski definition) is 6. The average Bonchev–Trinajstić information content (AvgIpc) is 3.50. The largest absolute Gasteiger partial charge is 0.435 e. The molecule has 1 atom stereocenters. The van der Waals surface area contributed by atoms with Gasteiger partial charge in [-0.3, -0.25) is 9.69 Å². The summed E-state index contributed by atoms with van der Waals surface area (Å²) in [7, 11) is 2.09. The number of aromatic nitrogens is 2. The number of carbonyl (C=O) groups excluding carboxylic acids is 1. The molecule has 2 aliphatic heterocycles. The van der Waals surface area contributed by atoms with Crippen LogP contribution in [0.3, 0.4) is 0 Å². The van der Waals surface area contributed by atoms with E-state index in [-0.39, 0.29) is 23.6 Å². The minimum Gasteiger partial charge on any atom is -0.409 e. The molecule has 4 N–H and O–H groups in total. The lowest BCUT2D eigenvalue weighted by Gasteiger charge is -2.28. The van der Waals surface area contributed by atoms with Crippen LogP contribution in [0.4, 0.5) is 13.2 Å². The van der Waals surface area contributed by atoms with Crippen molar-refractivity contribution in [1.29, 1.82) is 0 Å². The lowest BCUT2D eigenvalue weighted by molar-refractivity contribution is -0.141. The Kier molecular flexibility index (Phi) is 7.34. The van der Waals surface area contributed by atoms with Crippen molar-refractivity contribution in [2.24, 2.45) is 10.9 Å². The summed E-state index contributed by atoms with van der Waals surface area (Å²) in [6.07, 6.45) is 4.58. The molecule has 3 heterocycles. The van der Waals surface area contributed by atoms with Crippen LogP contribution in [0.5, 0.6) is 0 Å². The molecule has 1 aromatic heterocycles. The zero-order valence-corrected chi connectivity index (χ0v) is 19.7. The Balaban J connectivity index is 1.49. The fourth-order valence-corrected chi connectivity index (χ4v) is 4.54. The van der Waals surface area contributed by atoms with E-state index in [0.717, 1.165) is 30.3 Å². The maximum absolute atomic E-state index is 13.7. The minimum absolute atomic E-state index is 0.131. The van der Waals surface area contributed by atoms with Crippen molar-refractivity contribution >= 4 is 11.7 Å². The number of nitrogens with one attached hydrogen (secondary N) is 1. The Morgan fingerprint density at radius 1 is 1.31 bits per heavy atom. The molecule has 2 aromatic rings. The summed E-state index contributed by atoms with van der Waals surface area (Å²) in [5.74, 6) is -1.19. The monoisotopic (exact) mass is 503 g/mol. The van der Waals surface area contributed by atoms with Gasteiger partial charge in [-0.2, -0.15) is 18.3 Å². The summed E-state index contributed by atoms with van der Waals surface area (Å²) in [6.45, 7) is 2.30. The minimum atomic E-state index is -4.86. The van der Waals surface area contributed by atoms with Gasteiger partial charge in [0, 0.05) is 43.6 Å². The van der Waals surface area contributed by atoms with E-state index in [0.29, 0.717) is 19.1 Å². The summed E-state index contributed by atoms with van der Waals surface area (Å²) >= 11 is 0. The first-order valence-electron chi connectivity index (χ1n) is 11.5. The van der Waals surface area contributed by atoms with Crippen molar-refractivity contribution in [3.05, 3.63) is 71.2 Å². The number of oxime groups is 1. The van der Waals surface area contributed by atoms with Crippen LogP contribution in [0.2, 0.25) is 0 Å². The molecule has 1 unspecified atom stereocenters. The van der Waals surface area contributed by atoms with Crippen LogP contribution in [0, 0.1) is 0 Å². The number of likely N-dealkylation sites (N-methyl/N-ethyl adjacent to an activating group) is 1. The second kappa shape index (κ2) is 10.4. The lowest BCUT2D eigenvalue weighted by atomic mass is 10.0. The number of para-hydroxylation sites is 1. The van der Waals surface area contributed by atoms with Crippen molar-refractivity contribution in [3.63, 3.8) is 0 Å². The smallest absolute Gasteiger partial charge is 0.409 e. The van der Waals surface area contributed by atoms with Gasteiger partial charge in [0.25, 0.3) is 5.91 Å². The number of nitrogens with two attached hydrogens (primary N) is 1. The molecule has 2 aliphatic rings. The molecule has 9 nitrogen and oxygen atoms in total. The number of carbonyl (C=O) groups is 1. The van der Waals surface area contributed by atoms with Crippen LogP contribution in [0.25, 0.3) is 5.69 Å². The zero-order valence-electron chi connectivity index (χ0n) is 19.7. The number of nitrogens with zero attached hydrogens (tertiary/aromatic N) is 5. The number of halogens is 3. The van der Waals surface area contributed by atoms with Gasteiger partial charge in [-0.1, -0.05) is 29.4 Å². The van der Waals surface area contributed by atoms with Gasteiger partial charge in [-0.25, -0.2) is 4.68 Å². The molecule has 1 fully saturated rings. The Morgan fingerprint density at radius 3 is 2.78 bits per heavy atom. The van der Waals surface area contributed by atoms with Crippen LogP contribution < -0.4 is 11.1 Å². The zero-order chi connectivity index (χ0) is 25.9. The molecule has 4 rings (SSSR count). The first-order valence-corrected chi connectivity index (χ1v) is 11.5. The second-order valence-electron chi connectivity index (χ2n) is 8.76. The van der Waals surface area contributed by atoms with E-state index >= 15 is 0 Å². The van der Waals surface area contributed by atoms with E-state index in [9.17, 15) is 18.0 Å². The Hall–Kier alpha value is -3.80. The van der Waals surface area contributed by atoms with E-state index in [1.807, 2.05) is 11.0 Å². The van der Waals surface area contributed by atoms with Crippen LogP contribution in [0.15, 0.2) is 59.5 Å². The maximum Gasteiger partial charge on any atom is 0.435 e. The van der Waals surface area contributed by atoms with Gasteiger partial charge < -0.3 is 21.2 Å². The third kappa shape index (κ3) is 5.38. The van der Waals surface area contributed by atoms with Gasteiger partial charge in [0.1, 0.15) is 0 Å². The Labute approximate surface area is 206 Å². The number of likely N-dealkylation sites (tertiary alicyclic amines) is 1. The highest BCUT2D eigenvalue weighted by Gasteiger charge is 2.39. The molecule has 0 aliphatic carbocycles. The number of benzene rings is 1. The van der Waals surface area contributed by atoms with Crippen LogP contribution in [-0.4, -0.2) is 75.8 Å². The van der Waals surface area contributed by atoms with Gasteiger partial charge >= 0.3 is 6.18 Å². The molecule has 36 heavy (non-hydrogen) atoms. The molecular formula is C24H28F3N7O2. The fourth-order valence-electron chi connectivity index (χ4n) is 4.54. The average molecular weight is 504 g/mol. The number of amidine groups is 1. The van der Waals surface area contributed by atoms with E-state index in [4.69, 9.17) is 10.9 Å². The molecule has 1 aromatic carbocycles. The van der Waals surface area contributed by atoms with Gasteiger partial charge in [-0.05, 0) is 44.1 Å². The van der Waals surface area contributed by atoms with Crippen LogP contribution >= 0.6 is 0 Å². The van der Waals surface area contributed by atoms with Gasteiger partial charge in [0.15, 0.2) is 11.5 Å². The summed E-state index contributed by atoms with van der Waals surface area (Å²) in [5, 5.41) is 18.1. The third-order valence-corrected chi connectivity index (χ3v) is 6.33. The molecule has 1 amide bonds. The van der Waals surface area contributed by atoms with Crippen molar-refractivity contribution in [2.75, 3.05) is 33.2 Å². The van der Waals surface area contributed by atoms with Crippen LogP contribution in [0.1, 0.15) is 34.5 Å². The predicted octanol–water partition coefficient (Wildman–Crippen LogP) is 2.57. The van der Waals surface area contributed by atoms with Crippen molar-refractivity contribution < 1.29 is 23.2 Å². The first kappa shape index (κ1) is 25.3. The summed E-state index contributed by atoms with van der Waals surface area (Å²) in [4.78, 5) is 17.1. The van der Waals surface area contributed by atoms with E-state index in [1.165, 1.54) is 17.7 Å². The SMILES string of the molecule is CN1CCCC1C1=CN(CCNC(=O)c2cn(-c3ccccc3C(N)=NO)nc2C(F)(F)F)CC=C1. The Bertz CT molecular complexity index is 1200. The van der Waals surface area contributed by atoms with Gasteiger partial charge in [0.05, 0.1) is 11.3 Å². The normalized spacial score (nSPS) is 19.0. The van der Waals surface area contributed by atoms with Crippen molar-refractivity contribution in [3.8, 4) is 5.69 Å². The van der Waals surface area contributed by atoms with Crippen molar-refractivity contribution in [1.82, 2.24) is 24.9 Å². The summed E-state index contributed by atoms with van der Waals surface area (Å²) < 4.78 is 42.1. The second-order valence-corrected chi connectivity index (χ2v) is 8.76. The molecule has 0 spiro atoms. The predicted molar refractivity (Wildman–Crippen MR) is 128 cm³/mol. The summed E-state index contributed by atoms with van der Waals surface area (Å²) in [5.41, 5.74) is 5.21. The molecule has 0 radical (unpaired) electrons. The molecule has 0 saturated carbocycles. The molecule has 12 heteroatoms. The van der Waals surface area contributed by atoms with Crippen LogP contribution in [-0.2, 0) is 6.18 Å². The highest BCUT2D eigenvalue weighted by atomic mass is 19.4. The molecule has 1 saturated heterocycles. The maximum atomic E-state index is 13.7. The first-order chi connectivity index (χ1) is 17.2. The van der Waals surface area contributed by atoms with Gasteiger partial charge in [0.2, 0.25) is 0 Å². The fraction of sp³-hybridized carbons (Fsp3) is 0.375. The molecule has 0 bridgehead atoms. The highest BCUT2D eigenvalue weighted by Crippen LogP contribution is 2.32.